The van der Waals surface area contributed by atoms with Crippen molar-refractivity contribution >= 4 is 10.0 Å². The van der Waals surface area contributed by atoms with Crippen molar-refractivity contribution < 1.29 is 8.42 Å². The van der Waals surface area contributed by atoms with Gasteiger partial charge in [0.25, 0.3) is 0 Å². The van der Waals surface area contributed by atoms with E-state index < -0.39 is 10.0 Å². The van der Waals surface area contributed by atoms with Gasteiger partial charge in [0, 0.05) is 18.6 Å². The van der Waals surface area contributed by atoms with Crippen molar-refractivity contribution in [3.63, 3.8) is 0 Å². The molecule has 5 nitrogen and oxygen atoms in total. The zero-order valence-electron chi connectivity index (χ0n) is 12.7. The highest BCUT2D eigenvalue weighted by atomic mass is 32.2. The van der Waals surface area contributed by atoms with Gasteiger partial charge < -0.3 is 5.32 Å². The Hall–Kier alpha value is -0.950. The summed E-state index contributed by atoms with van der Waals surface area (Å²) in [5.41, 5.74) is 1.07. The molecule has 0 bridgehead atoms. The van der Waals surface area contributed by atoms with Gasteiger partial charge in [-0.25, -0.2) is 13.6 Å². The maximum Gasteiger partial charge on any atom is 0.238 e. The molecule has 1 aromatic rings. The molecular formula is C15H25N3O2S. The largest absolute Gasteiger partial charge is 0.309 e. The number of hydrogen-bond acceptors (Lipinski definition) is 4. The summed E-state index contributed by atoms with van der Waals surface area (Å²) in [4.78, 5) is 2.66. The third kappa shape index (κ3) is 4.26. The van der Waals surface area contributed by atoms with E-state index in [0.29, 0.717) is 6.04 Å². The predicted octanol–water partition coefficient (Wildman–Crippen LogP) is 1.47. The molecule has 1 saturated heterocycles. The van der Waals surface area contributed by atoms with Crippen molar-refractivity contribution in [1.29, 1.82) is 0 Å². The Labute approximate surface area is 127 Å². The number of benzene rings is 1. The van der Waals surface area contributed by atoms with Crippen molar-refractivity contribution in [3.05, 3.63) is 29.8 Å². The molecule has 118 valence electrons. The normalized spacial score (nSPS) is 21.6. The van der Waals surface area contributed by atoms with Crippen LogP contribution in [0.15, 0.2) is 29.2 Å². The molecule has 2 rings (SSSR count). The van der Waals surface area contributed by atoms with Gasteiger partial charge in [0.1, 0.15) is 0 Å². The fourth-order valence-electron chi connectivity index (χ4n) is 2.92. The van der Waals surface area contributed by atoms with Gasteiger partial charge in [0.05, 0.1) is 4.90 Å². The van der Waals surface area contributed by atoms with Crippen LogP contribution in [0.3, 0.4) is 0 Å². The van der Waals surface area contributed by atoms with E-state index in [2.05, 4.69) is 24.1 Å². The lowest BCUT2D eigenvalue weighted by molar-refractivity contribution is 0.255. The van der Waals surface area contributed by atoms with Crippen molar-refractivity contribution in [2.24, 2.45) is 5.14 Å². The molecule has 0 saturated carbocycles. The zero-order valence-corrected chi connectivity index (χ0v) is 13.6. The number of rotatable bonds is 6. The smallest absolute Gasteiger partial charge is 0.238 e. The summed E-state index contributed by atoms with van der Waals surface area (Å²) in [6, 6.07) is 7.58. The van der Waals surface area contributed by atoms with Crippen LogP contribution in [0, 0.1) is 0 Å². The van der Waals surface area contributed by atoms with E-state index >= 15 is 0 Å². The lowest BCUT2D eigenvalue weighted by Crippen LogP contribution is -2.38. The van der Waals surface area contributed by atoms with E-state index in [0.717, 1.165) is 18.7 Å². The molecule has 3 N–H and O–H groups in total. The quantitative estimate of drug-likeness (QED) is 0.834. The van der Waals surface area contributed by atoms with Crippen molar-refractivity contribution in [1.82, 2.24) is 10.2 Å². The topological polar surface area (TPSA) is 75.4 Å². The van der Waals surface area contributed by atoms with Gasteiger partial charge in [-0.15, -0.1) is 0 Å². The predicted molar refractivity (Wildman–Crippen MR) is 84.5 cm³/mol. The van der Waals surface area contributed by atoms with Gasteiger partial charge in [0.15, 0.2) is 0 Å². The zero-order chi connectivity index (χ0) is 15.5. The number of likely N-dealkylation sites (N-methyl/N-ethyl adjacent to an activating group) is 1. The van der Waals surface area contributed by atoms with Crippen molar-refractivity contribution in [2.75, 3.05) is 19.6 Å². The summed E-state index contributed by atoms with van der Waals surface area (Å²) in [5, 5.41) is 8.65. The average Bonchev–Trinajstić information content (AvgIpc) is 2.91. The Kier molecular flexibility index (Phi) is 5.37. The third-order valence-corrected chi connectivity index (χ3v) is 5.20. The first-order valence-electron chi connectivity index (χ1n) is 7.52. The van der Waals surface area contributed by atoms with Crippen LogP contribution in [0.1, 0.15) is 38.3 Å². The summed E-state index contributed by atoms with van der Waals surface area (Å²) >= 11 is 0. The standard InChI is InChI=1S/C15H25N3O2S/c1-3-18-10-4-5-14(18)11-17-12(2)13-6-8-15(9-7-13)21(16,19)20/h6-9,12,14,17H,3-5,10-11H2,1-2H3,(H2,16,19,20). The van der Waals surface area contributed by atoms with Crippen molar-refractivity contribution in [3.8, 4) is 0 Å². The summed E-state index contributed by atoms with van der Waals surface area (Å²) in [6.45, 7) is 7.56. The Balaban J connectivity index is 1.93. The number of nitrogens with one attached hydrogen (secondary N) is 1. The van der Waals surface area contributed by atoms with Crippen LogP contribution in [-0.2, 0) is 10.0 Å². The number of nitrogens with zero attached hydrogens (tertiary/aromatic N) is 1. The van der Waals surface area contributed by atoms with Crippen molar-refractivity contribution in [2.45, 2.75) is 43.7 Å². The fraction of sp³-hybridized carbons (Fsp3) is 0.600. The summed E-state index contributed by atoms with van der Waals surface area (Å²) in [6.07, 6.45) is 2.52. The number of sulfonamides is 1. The highest BCUT2D eigenvalue weighted by Crippen LogP contribution is 2.19. The maximum absolute atomic E-state index is 11.2. The van der Waals surface area contributed by atoms with E-state index in [-0.39, 0.29) is 10.9 Å². The number of hydrogen-bond donors (Lipinski definition) is 2. The minimum absolute atomic E-state index is 0.159. The lowest BCUT2D eigenvalue weighted by Gasteiger charge is -2.25. The SMILES string of the molecule is CCN1CCCC1CNC(C)c1ccc(S(N)(=O)=O)cc1. The second-order valence-electron chi connectivity index (χ2n) is 5.67. The molecule has 1 heterocycles. The van der Waals surface area contributed by atoms with E-state index in [1.807, 2.05) is 12.1 Å². The van der Waals surface area contributed by atoms with E-state index in [9.17, 15) is 8.42 Å². The Morgan fingerprint density at radius 1 is 1.38 bits per heavy atom. The molecule has 1 aliphatic rings. The molecule has 6 heteroatoms. The fourth-order valence-corrected chi connectivity index (χ4v) is 3.43. The van der Waals surface area contributed by atoms with E-state index in [4.69, 9.17) is 5.14 Å². The number of likely N-dealkylation sites (tertiary alicyclic amines) is 1. The van der Waals surface area contributed by atoms with Gasteiger partial charge in [-0.05, 0) is 50.6 Å². The molecule has 2 atom stereocenters. The van der Waals surface area contributed by atoms with Gasteiger partial charge in [-0.3, -0.25) is 4.90 Å². The Morgan fingerprint density at radius 2 is 2.05 bits per heavy atom. The van der Waals surface area contributed by atoms with E-state index in [1.165, 1.54) is 19.4 Å². The van der Waals surface area contributed by atoms with Gasteiger partial charge in [-0.1, -0.05) is 19.1 Å². The monoisotopic (exact) mass is 311 g/mol. The average molecular weight is 311 g/mol. The van der Waals surface area contributed by atoms with Crippen LogP contribution in [0.4, 0.5) is 0 Å². The number of nitrogens with two attached hydrogens (primary N) is 1. The molecule has 0 aliphatic carbocycles. The summed E-state index contributed by atoms with van der Waals surface area (Å²) in [5.74, 6) is 0. The molecule has 0 aromatic heterocycles. The van der Waals surface area contributed by atoms with Crippen LogP contribution >= 0.6 is 0 Å². The first kappa shape index (κ1) is 16.4. The van der Waals surface area contributed by atoms with Crippen LogP contribution in [0.5, 0.6) is 0 Å². The molecule has 2 unspecified atom stereocenters. The molecule has 1 aliphatic heterocycles. The Morgan fingerprint density at radius 3 is 2.62 bits per heavy atom. The molecular weight excluding hydrogens is 286 g/mol. The summed E-state index contributed by atoms with van der Waals surface area (Å²) < 4.78 is 22.5. The molecule has 0 spiro atoms. The van der Waals surface area contributed by atoms with Crippen LogP contribution in [0.25, 0.3) is 0 Å². The third-order valence-electron chi connectivity index (χ3n) is 4.27. The first-order valence-corrected chi connectivity index (χ1v) is 9.06. The molecule has 1 aromatic carbocycles. The minimum Gasteiger partial charge on any atom is -0.309 e. The molecule has 0 amide bonds. The summed E-state index contributed by atoms with van der Waals surface area (Å²) in [7, 11) is -3.61. The second-order valence-corrected chi connectivity index (χ2v) is 7.23. The number of primary sulfonamides is 1. The highest BCUT2D eigenvalue weighted by molar-refractivity contribution is 7.89. The molecule has 1 fully saturated rings. The van der Waals surface area contributed by atoms with E-state index in [1.54, 1.807) is 12.1 Å². The van der Waals surface area contributed by atoms with Crippen LogP contribution < -0.4 is 10.5 Å². The second kappa shape index (κ2) is 6.87. The van der Waals surface area contributed by atoms with Gasteiger partial charge in [-0.2, -0.15) is 0 Å². The van der Waals surface area contributed by atoms with Crippen LogP contribution in [-0.4, -0.2) is 39.0 Å². The molecule has 21 heavy (non-hydrogen) atoms. The minimum atomic E-state index is -3.61. The van der Waals surface area contributed by atoms with Crippen LogP contribution in [0.2, 0.25) is 0 Å². The van der Waals surface area contributed by atoms with Gasteiger partial charge in [0.2, 0.25) is 10.0 Å². The lowest BCUT2D eigenvalue weighted by atomic mass is 10.1. The van der Waals surface area contributed by atoms with Gasteiger partial charge >= 0.3 is 0 Å². The Bertz CT molecular complexity index is 557. The maximum atomic E-state index is 11.2. The highest BCUT2D eigenvalue weighted by Gasteiger charge is 2.23. The first-order chi connectivity index (χ1) is 9.91. The molecule has 0 radical (unpaired) electrons.